The molecule has 0 amide bonds. The lowest BCUT2D eigenvalue weighted by atomic mass is 9.86. The van der Waals surface area contributed by atoms with Gasteiger partial charge in [0.15, 0.2) is 0 Å². The highest BCUT2D eigenvalue weighted by Crippen LogP contribution is 2.26. The van der Waals surface area contributed by atoms with Crippen LogP contribution in [0.15, 0.2) is 36.0 Å². The Kier molecular flexibility index (Phi) is 7.76. The first-order valence-corrected chi connectivity index (χ1v) is 8.98. The molecule has 23 heavy (non-hydrogen) atoms. The molecule has 0 aromatic heterocycles. The predicted octanol–water partition coefficient (Wildman–Crippen LogP) is 5.44. The quantitative estimate of drug-likeness (QED) is 0.687. The van der Waals surface area contributed by atoms with Crippen molar-refractivity contribution in [1.82, 2.24) is 0 Å². The molecule has 132 valence electrons. The van der Waals surface area contributed by atoms with E-state index < -0.39 is 5.60 Å². The van der Waals surface area contributed by atoms with E-state index in [0.29, 0.717) is 18.3 Å². The maximum Gasteiger partial charge on any atom is 0.0834 e. The van der Waals surface area contributed by atoms with Crippen molar-refractivity contribution < 1.29 is 9.84 Å². The molecule has 0 heterocycles. The second-order valence-corrected chi connectivity index (χ2v) is 7.88. The summed E-state index contributed by atoms with van der Waals surface area (Å²) in [5, 5.41) is 10.6. The highest BCUT2D eigenvalue weighted by atomic mass is 16.5. The van der Waals surface area contributed by atoms with E-state index >= 15 is 0 Å². The number of hydrogen-bond acceptors (Lipinski definition) is 2. The lowest BCUT2D eigenvalue weighted by molar-refractivity contribution is 0.0413. The smallest absolute Gasteiger partial charge is 0.0834 e. The van der Waals surface area contributed by atoms with Crippen LogP contribution in [0.3, 0.4) is 0 Å². The summed E-state index contributed by atoms with van der Waals surface area (Å²) in [5.41, 5.74) is 0.393. The molecule has 0 saturated carbocycles. The van der Waals surface area contributed by atoms with Crippen molar-refractivity contribution >= 4 is 0 Å². The van der Waals surface area contributed by atoms with Gasteiger partial charge >= 0.3 is 0 Å². The van der Waals surface area contributed by atoms with Gasteiger partial charge in [0.25, 0.3) is 0 Å². The largest absolute Gasteiger partial charge is 0.386 e. The normalized spacial score (nSPS) is 34.3. The zero-order valence-electron chi connectivity index (χ0n) is 15.9. The summed E-state index contributed by atoms with van der Waals surface area (Å²) in [6.07, 6.45) is 15.6. The summed E-state index contributed by atoms with van der Waals surface area (Å²) in [6, 6.07) is 0. The van der Waals surface area contributed by atoms with Crippen molar-refractivity contribution in [2.75, 3.05) is 7.11 Å². The van der Waals surface area contributed by atoms with Gasteiger partial charge in [-0.05, 0) is 64.7 Å². The average molecular weight is 321 g/mol. The van der Waals surface area contributed by atoms with E-state index in [1.807, 2.05) is 13.0 Å². The number of ether oxygens (including phenoxy) is 1. The van der Waals surface area contributed by atoms with Gasteiger partial charge in [-0.3, -0.25) is 0 Å². The number of rotatable bonds is 2. The molecular weight excluding hydrogens is 284 g/mol. The van der Waals surface area contributed by atoms with Crippen molar-refractivity contribution in [2.45, 2.75) is 77.9 Å². The van der Waals surface area contributed by atoms with Crippen LogP contribution >= 0.6 is 0 Å². The highest BCUT2D eigenvalue weighted by molar-refractivity contribution is 5.10. The van der Waals surface area contributed by atoms with Gasteiger partial charge in [-0.2, -0.15) is 0 Å². The Labute approximate surface area is 143 Å². The van der Waals surface area contributed by atoms with Gasteiger partial charge in [-0.1, -0.05) is 49.8 Å². The number of allylic oxidation sites excluding steroid dienone is 3. The Morgan fingerprint density at radius 1 is 1.26 bits per heavy atom. The van der Waals surface area contributed by atoms with E-state index in [2.05, 4.69) is 52.0 Å². The van der Waals surface area contributed by atoms with Gasteiger partial charge in [0.2, 0.25) is 0 Å². The minimum absolute atomic E-state index is 0.263. The average Bonchev–Trinajstić information content (AvgIpc) is 2.45. The Morgan fingerprint density at radius 2 is 1.96 bits per heavy atom. The molecule has 0 aromatic rings. The van der Waals surface area contributed by atoms with Crippen molar-refractivity contribution in [2.24, 2.45) is 11.8 Å². The minimum atomic E-state index is -0.798. The first kappa shape index (κ1) is 20.2. The first-order chi connectivity index (χ1) is 10.7. The van der Waals surface area contributed by atoms with Crippen LogP contribution in [0.5, 0.6) is 0 Å². The zero-order valence-corrected chi connectivity index (χ0v) is 15.9. The predicted molar refractivity (Wildman–Crippen MR) is 99.5 cm³/mol. The highest BCUT2D eigenvalue weighted by Gasteiger charge is 2.21. The van der Waals surface area contributed by atoms with Crippen LogP contribution in [0, 0.1) is 11.8 Å². The van der Waals surface area contributed by atoms with Crippen molar-refractivity contribution in [3.63, 3.8) is 0 Å². The van der Waals surface area contributed by atoms with E-state index in [9.17, 15) is 5.11 Å². The molecule has 0 fully saturated rings. The van der Waals surface area contributed by atoms with Gasteiger partial charge in [-0.15, -0.1) is 0 Å². The summed E-state index contributed by atoms with van der Waals surface area (Å²) >= 11 is 0. The molecule has 1 rings (SSSR count). The van der Waals surface area contributed by atoms with Crippen LogP contribution < -0.4 is 0 Å². The third kappa shape index (κ3) is 7.50. The summed E-state index contributed by atoms with van der Waals surface area (Å²) < 4.78 is 5.67. The van der Waals surface area contributed by atoms with E-state index in [1.165, 1.54) is 5.57 Å². The lowest BCUT2D eigenvalue weighted by Gasteiger charge is -2.26. The maximum atomic E-state index is 10.6. The molecular formula is C21H36O2. The molecule has 0 saturated heterocycles. The summed E-state index contributed by atoms with van der Waals surface area (Å²) in [7, 11) is 1.76. The van der Waals surface area contributed by atoms with E-state index in [0.717, 1.165) is 25.7 Å². The molecule has 0 aromatic carbocycles. The molecule has 0 spiro atoms. The molecule has 2 nitrogen and oxygen atoms in total. The maximum absolute atomic E-state index is 10.6. The number of methoxy groups -OCH3 is 1. The van der Waals surface area contributed by atoms with Crippen molar-refractivity contribution in [3.8, 4) is 0 Å². The third-order valence-corrected chi connectivity index (χ3v) is 5.03. The van der Waals surface area contributed by atoms with Crippen molar-refractivity contribution in [1.29, 1.82) is 0 Å². The monoisotopic (exact) mass is 320 g/mol. The molecule has 2 heteroatoms. The van der Waals surface area contributed by atoms with Crippen LogP contribution in [-0.2, 0) is 4.74 Å². The summed E-state index contributed by atoms with van der Waals surface area (Å²) in [4.78, 5) is 0. The SMILES string of the molecule is CO[C@]1(C)C=CC[C@](C)(O)C=C[C@H](C(C)C)CCC(C)=CCC1. The number of aliphatic hydroxyl groups is 1. The molecule has 3 atom stereocenters. The standard InChI is InChI=1S/C21H36O2/c1-17(2)19-11-10-18(3)9-7-14-21(5,23-6)15-8-13-20(4,22)16-12-19/h8-9,12,15-17,19,22H,7,10-11,13-14H2,1-6H3/t19-,20+,21+/m1/s1. The van der Waals surface area contributed by atoms with Gasteiger partial charge in [0, 0.05) is 7.11 Å². The van der Waals surface area contributed by atoms with Crippen LogP contribution in [0.2, 0.25) is 0 Å². The molecule has 1 N–H and O–H groups in total. The van der Waals surface area contributed by atoms with Crippen molar-refractivity contribution in [3.05, 3.63) is 36.0 Å². The van der Waals surface area contributed by atoms with E-state index in [1.54, 1.807) is 7.11 Å². The Bertz CT molecular complexity index is 443. The first-order valence-electron chi connectivity index (χ1n) is 8.98. The fourth-order valence-corrected chi connectivity index (χ4v) is 2.95. The second kappa shape index (κ2) is 8.84. The molecule has 0 unspecified atom stereocenters. The van der Waals surface area contributed by atoms with Gasteiger partial charge < -0.3 is 9.84 Å². The fourth-order valence-electron chi connectivity index (χ4n) is 2.95. The van der Waals surface area contributed by atoms with Crippen LogP contribution in [0.25, 0.3) is 0 Å². The number of hydrogen-bond donors (Lipinski definition) is 1. The lowest BCUT2D eigenvalue weighted by Crippen LogP contribution is -2.25. The topological polar surface area (TPSA) is 29.5 Å². The van der Waals surface area contributed by atoms with Gasteiger partial charge in [-0.25, -0.2) is 0 Å². The van der Waals surface area contributed by atoms with Crippen LogP contribution in [0.4, 0.5) is 0 Å². The van der Waals surface area contributed by atoms with E-state index in [4.69, 9.17) is 4.74 Å². The Hall–Kier alpha value is -0.860. The summed E-state index contributed by atoms with van der Waals surface area (Å²) in [5.74, 6) is 1.11. The summed E-state index contributed by atoms with van der Waals surface area (Å²) in [6.45, 7) is 10.7. The zero-order chi connectivity index (χ0) is 17.5. The minimum Gasteiger partial charge on any atom is -0.386 e. The van der Waals surface area contributed by atoms with E-state index in [-0.39, 0.29) is 5.60 Å². The Balaban J connectivity index is 3.00. The molecule has 0 aliphatic heterocycles. The third-order valence-electron chi connectivity index (χ3n) is 5.03. The van der Waals surface area contributed by atoms with Gasteiger partial charge in [0.05, 0.1) is 11.2 Å². The van der Waals surface area contributed by atoms with Crippen LogP contribution in [-0.4, -0.2) is 23.4 Å². The molecule has 0 bridgehead atoms. The Morgan fingerprint density at radius 3 is 2.57 bits per heavy atom. The second-order valence-electron chi connectivity index (χ2n) is 7.88. The molecule has 1 aliphatic carbocycles. The van der Waals surface area contributed by atoms with Gasteiger partial charge in [0.1, 0.15) is 0 Å². The fraction of sp³-hybridized carbons (Fsp3) is 0.714. The van der Waals surface area contributed by atoms with Crippen LogP contribution in [0.1, 0.15) is 66.7 Å². The molecule has 1 aliphatic rings. The molecule has 0 radical (unpaired) electrons.